The first-order valence-corrected chi connectivity index (χ1v) is 6.33. The molecular weight excluding hydrogens is 270 g/mol. The third kappa shape index (κ3) is 3.25. The van der Waals surface area contributed by atoms with Gasteiger partial charge in [-0.15, -0.1) is 0 Å². The van der Waals surface area contributed by atoms with Gasteiger partial charge in [0.25, 0.3) is 0 Å². The van der Waals surface area contributed by atoms with Crippen LogP contribution in [0.5, 0.6) is 5.75 Å². The molecule has 2 rings (SSSR count). The number of rotatable bonds is 5. The van der Waals surface area contributed by atoms with Gasteiger partial charge in [0.1, 0.15) is 11.7 Å². The maximum absolute atomic E-state index is 12.6. The molecule has 5 nitrogen and oxygen atoms in total. The van der Waals surface area contributed by atoms with Crippen LogP contribution in [0.4, 0.5) is 0 Å². The third-order valence-corrected chi connectivity index (χ3v) is 3.07. The topological polar surface area (TPSA) is 65.5 Å². The first-order chi connectivity index (χ1) is 10.2. The lowest BCUT2D eigenvalue weighted by molar-refractivity contribution is -0.141. The van der Waals surface area contributed by atoms with Crippen molar-refractivity contribution in [3.8, 4) is 5.75 Å². The molecule has 21 heavy (non-hydrogen) atoms. The van der Waals surface area contributed by atoms with Crippen molar-refractivity contribution in [2.24, 2.45) is 0 Å². The average Bonchev–Trinajstić information content (AvgIpc) is 2.55. The normalized spacial score (nSPS) is 11.5. The minimum atomic E-state index is -1.03. The predicted molar refractivity (Wildman–Crippen MR) is 76.3 cm³/mol. The maximum Gasteiger partial charge on any atom is 0.321 e. The van der Waals surface area contributed by atoms with E-state index in [9.17, 15) is 9.59 Å². The Labute approximate surface area is 122 Å². The number of ketones is 1. The highest BCUT2D eigenvalue weighted by Gasteiger charge is 2.30. The van der Waals surface area contributed by atoms with Crippen molar-refractivity contribution in [1.82, 2.24) is 4.98 Å². The molecule has 0 saturated heterocycles. The quantitative estimate of drug-likeness (QED) is 0.479. The van der Waals surface area contributed by atoms with E-state index in [2.05, 4.69) is 4.98 Å². The molecule has 0 aliphatic carbocycles. The fourth-order valence-corrected chi connectivity index (χ4v) is 2.01. The van der Waals surface area contributed by atoms with Gasteiger partial charge in [0.2, 0.25) is 0 Å². The van der Waals surface area contributed by atoms with Crippen molar-refractivity contribution in [3.05, 3.63) is 59.9 Å². The summed E-state index contributed by atoms with van der Waals surface area (Å²) in [5.74, 6) is -1.44. The van der Waals surface area contributed by atoms with Crippen molar-refractivity contribution in [3.63, 3.8) is 0 Å². The van der Waals surface area contributed by atoms with Crippen LogP contribution in [0, 0.1) is 0 Å². The van der Waals surface area contributed by atoms with Crippen LogP contribution >= 0.6 is 0 Å². The second-order valence-electron chi connectivity index (χ2n) is 4.34. The van der Waals surface area contributed by atoms with Crippen LogP contribution < -0.4 is 4.74 Å². The summed E-state index contributed by atoms with van der Waals surface area (Å²) in [6.07, 6.45) is 2.99. The van der Waals surface area contributed by atoms with E-state index in [0.29, 0.717) is 16.9 Å². The Kier molecular flexibility index (Phi) is 4.66. The first kappa shape index (κ1) is 14.7. The van der Waals surface area contributed by atoms with Crippen LogP contribution in [0.25, 0.3) is 0 Å². The number of carbonyl (C=O) groups is 2. The van der Waals surface area contributed by atoms with E-state index >= 15 is 0 Å². The van der Waals surface area contributed by atoms with Crippen molar-refractivity contribution in [2.75, 3.05) is 14.2 Å². The van der Waals surface area contributed by atoms with E-state index in [0.717, 1.165) is 0 Å². The lowest BCUT2D eigenvalue weighted by Crippen LogP contribution is -2.23. The summed E-state index contributed by atoms with van der Waals surface area (Å²) in [5.41, 5.74) is 0.880. The number of nitrogens with zero attached hydrogens (tertiary/aromatic N) is 1. The molecule has 0 amide bonds. The van der Waals surface area contributed by atoms with Crippen LogP contribution in [0.1, 0.15) is 21.8 Å². The predicted octanol–water partition coefficient (Wildman–Crippen LogP) is 2.23. The van der Waals surface area contributed by atoms with Crippen molar-refractivity contribution >= 4 is 11.8 Å². The van der Waals surface area contributed by atoms with Gasteiger partial charge < -0.3 is 9.47 Å². The molecule has 0 saturated carbocycles. The van der Waals surface area contributed by atoms with Gasteiger partial charge in [0, 0.05) is 18.0 Å². The standard InChI is InChI=1S/C16H15NO4/c1-20-13-7-3-5-11(9-13)14(16(19)21-2)15(18)12-6-4-8-17-10-12/h3-10,14H,1-2H3. The Hall–Kier alpha value is -2.69. The lowest BCUT2D eigenvalue weighted by Gasteiger charge is -2.14. The highest BCUT2D eigenvalue weighted by atomic mass is 16.5. The van der Waals surface area contributed by atoms with Gasteiger partial charge in [0.05, 0.1) is 14.2 Å². The first-order valence-electron chi connectivity index (χ1n) is 6.33. The largest absolute Gasteiger partial charge is 0.497 e. The molecule has 0 aliphatic heterocycles. The van der Waals surface area contributed by atoms with E-state index in [1.54, 1.807) is 42.6 Å². The molecule has 0 fully saturated rings. The Morgan fingerprint density at radius 3 is 2.57 bits per heavy atom. The van der Waals surface area contributed by atoms with Crippen LogP contribution in [-0.4, -0.2) is 31.0 Å². The third-order valence-electron chi connectivity index (χ3n) is 3.07. The van der Waals surface area contributed by atoms with Crippen molar-refractivity contribution < 1.29 is 19.1 Å². The van der Waals surface area contributed by atoms with Gasteiger partial charge >= 0.3 is 5.97 Å². The number of hydrogen-bond donors (Lipinski definition) is 0. The number of methoxy groups -OCH3 is 2. The monoisotopic (exact) mass is 285 g/mol. The van der Waals surface area contributed by atoms with Crippen LogP contribution in [0.15, 0.2) is 48.8 Å². The van der Waals surface area contributed by atoms with Crippen molar-refractivity contribution in [2.45, 2.75) is 5.92 Å². The molecule has 0 bridgehead atoms. The number of esters is 1. The molecule has 108 valence electrons. The molecule has 1 unspecified atom stereocenters. The maximum atomic E-state index is 12.6. The molecule has 0 spiro atoms. The molecule has 0 radical (unpaired) electrons. The second-order valence-corrected chi connectivity index (χ2v) is 4.34. The highest BCUT2D eigenvalue weighted by molar-refractivity contribution is 6.12. The van der Waals surface area contributed by atoms with E-state index in [4.69, 9.17) is 9.47 Å². The molecule has 1 atom stereocenters. The second kappa shape index (κ2) is 6.65. The minimum absolute atomic E-state index is 0.357. The Morgan fingerprint density at radius 2 is 1.95 bits per heavy atom. The number of carbonyl (C=O) groups excluding carboxylic acids is 2. The Balaban J connectivity index is 2.43. The van der Waals surface area contributed by atoms with Crippen LogP contribution in [0.2, 0.25) is 0 Å². The number of Topliss-reactive ketones (excluding diaryl/α,β-unsaturated/α-hetero) is 1. The molecule has 2 aromatic rings. The van der Waals surface area contributed by atoms with Gasteiger partial charge in [-0.05, 0) is 29.8 Å². The molecule has 1 heterocycles. The number of ether oxygens (including phenoxy) is 2. The minimum Gasteiger partial charge on any atom is -0.497 e. The van der Waals surface area contributed by atoms with E-state index < -0.39 is 11.9 Å². The Bertz CT molecular complexity index is 640. The average molecular weight is 285 g/mol. The smallest absolute Gasteiger partial charge is 0.321 e. The summed E-state index contributed by atoms with van der Waals surface area (Å²) in [6.45, 7) is 0. The summed E-state index contributed by atoms with van der Waals surface area (Å²) in [4.78, 5) is 28.5. The summed E-state index contributed by atoms with van der Waals surface area (Å²) in [7, 11) is 2.78. The zero-order valence-electron chi connectivity index (χ0n) is 11.8. The lowest BCUT2D eigenvalue weighted by atomic mass is 9.91. The molecule has 0 aliphatic rings. The number of pyridine rings is 1. The molecule has 5 heteroatoms. The number of aromatic nitrogens is 1. The zero-order valence-corrected chi connectivity index (χ0v) is 11.8. The molecule has 1 aromatic carbocycles. The zero-order chi connectivity index (χ0) is 15.2. The van der Waals surface area contributed by atoms with E-state index in [-0.39, 0.29) is 5.78 Å². The fourth-order valence-electron chi connectivity index (χ4n) is 2.01. The van der Waals surface area contributed by atoms with E-state index in [1.807, 2.05) is 0 Å². The van der Waals surface area contributed by atoms with Gasteiger partial charge in [-0.25, -0.2) is 0 Å². The molecule has 0 N–H and O–H groups in total. The number of benzene rings is 1. The molecular formula is C16H15NO4. The highest BCUT2D eigenvalue weighted by Crippen LogP contribution is 2.25. The summed E-state index contributed by atoms with van der Waals surface area (Å²) >= 11 is 0. The van der Waals surface area contributed by atoms with Gasteiger partial charge in [-0.2, -0.15) is 0 Å². The SMILES string of the molecule is COC(=O)C(C(=O)c1cccnc1)c1cccc(OC)c1. The van der Waals surface area contributed by atoms with Gasteiger partial charge in [-0.3, -0.25) is 14.6 Å². The number of hydrogen-bond acceptors (Lipinski definition) is 5. The molecule has 1 aromatic heterocycles. The van der Waals surface area contributed by atoms with E-state index in [1.165, 1.54) is 20.4 Å². The summed E-state index contributed by atoms with van der Waals surface area (Å²) < 4.78 is 9.89. The van der Waals surface area contributed by atoms with Gasteiger partial charge in [0.15, 0.2) is 5.78 Å². The summed E-state index contributed by atoms with van der Waals surface area (Å²) in [6, 6.07) is 10.1. The Morgan fingerprint density at radius 1 is 1.14 bits per heavy atom. The fraction of sp³-hybridized carbons (Fsp3) is 0.188. The van der Waals surface area contributed by atoms with Crippen molar-refractivity contribution in [1.29, 1.82) is 0 Å². The van der Waals surface area contributed by atoms with Crippen LogP contribution in [0.3, 0.4) is 0 Å². The van der Waals surface area contributed by atoms with Crippen LogP contribution in [-0.2, 0) is 9.53 Å². The van der Waals surface area contributed by atoms with Gasteiger partial charge in [-0.1, -0.05) is 12.1 Å². The summed E-state index contributed by atoms with van der Waals surface area (Å²) in [5, 5.41) is 0.